The monoisotopic (exact) mass is 508 g/mol. The number of halogens is 2. The predicted molar refractivity (Wildman–Crippen MR) is 141 cm³/mol. The van der Waals surface area contributed by atoms with Gasteiger partial charge in [-0.05, 0) is 49.4 Å². The fraction of sp³-hybridized carbons (Fsp3) is 0.462. The lowest BCUT2D eigenvalue weighted by Crippen LogP contribution is -2.50. The SMILES string of the molecule is CC[C@H](C(=O)NCC(C)C)N(Cc1ccc(Cl)c(Cl)c1)C(=O)CSCc1cc(C)cc(C)c1. The van der Waals surface area contributed by atoms with Crippen molar-refractivity contribution in [2.24, 2.45) is 5.92 Å². The van der Waals surface area contributed by atoms with Crippen LogP contribution in [-0.2, 0) is 21.9 Å². The van der Waals surface area contributed by atoms with E-state index < -0.39 is 6.04 Å². The maximum Gasteiger partial charge on any atom is 0.242 e. The second kappa shape index (κ2) is 13.3. The Balaban J connectivity index is 2.17. The molecule has 2 rings (SSSR count). The topological polar surface area (TPSA) is 49.4 Å². The Hall–Kier alpha value is -1.69. The first-order valence-electron chi connectivity index (χ1n) is 11.3. The quantitative estimate of drug-likeness (QED) is 0.380. The highest BCUT2D eigenvalue weighted by atomic mass is 35.5. The molecule has 0 aromatic heterocycles. The Kier molecular flexibility index (Phi) is 11.1. The molecule has 0 fully saturated rings. The summed E-state index contributed by atoms with van der Waals surface area (Å²) in [6.45, 7) is 11.0. The van der Waals surface area contributed by atoms with Crippen LogP contribution in [0.15, 0.2) is 36.4 Å². The van der Waals surface area contributed by atoms with Crippen LogP contribution in [0.4, 0.5) is 0 Å². The average molecular weight is 510 g/mol. The highest BCUT2D eigenvalue weighted by molar-refractivity contribution is 7.99. The third kappa shape index (κ3) is 8.88. The van der Waals surface area contributed by atoms with Gasteiger partial charge in [-0.1, -0.05) is 79.4 Å². The third-order valence-corrected chi connectivity index (χ3v) is 6.91. The van der Waals surface area contributed by atoms with Crippen LogP contribution >= 0.6 is 35.0 Å². The minimum absolute atomic E-state index is 0.0676. The smallest absolute Gasteiger partial charge is 0.242 e. The van der Waals surface area contributed by atoms with Crippen molar-refractivity contribution >= 4 is 46.8 Å². The van der Waals surface area contributed by atoms with Crippen LogP contribution in [0, 0.1) is 19.8 Å². The van der Waals surface area contributed by atoms with Gasteiger partial charge in [0.05, 0.1) is 15.8 Å². The molecule has 2 aromatic carbocycles. The first kappa shape index (κ1) is 27.6. The van der Waals surface area contributed by atoms with Gasteiger partial charge in [0.15, 0.2) is 0 Å². The third-order valence-electron chi connectivity index (χ3n) is 5.18. The van der Waals surface area contributed by atoms with E-state index in [9.17, 15) is 9.59 Å². The maximum absolute atomic E-state index is 13.3. The van der Waals surface area contributed by atoms with E-state index in [-0.39, 0.29) is 11.8 Å². The molecule has 0 bridgehead atoms. The van der Waals surface area contributed by atoms with E-state index in [1.807, 2.05) is 26.8 Å². The minimum Gasteiger partial charge on any atom is -0.354 e. The molecule has 33 heavy (non-hydrogen) atoms. The molecule has 0 saturated heterocycles. The Morgan fingerprint density at radius 3 is 2.24 bits per heavy atom. The molecule has 0 spiro atoms. The van der Waals surface area contributed by atoms with Gasteiger partial charge in [0, 0.05) is 18.8 Å². The number of hydrogen-bond acceptors (Lipinski definition) is 3. The van der Waals surface area contributed by atoms with Crippen molar-refractivity contribution in [3.63, 3.8) is 0 Å². The van der Waals surface area contributed by atoms with Crippen molar-refractivity contribution < 1.29 is 9.59 Å². The van der Waals surface area contributed by atoms with Gasteiger partial charge in [-0.3, -0.25) is 9.59 Å². The first-order chi connectivity index (χ1) is 15.6. The number of carbonyl (C=O) groups is 2. The van der Waals surface area contributed by atoms with Crippen LogP contribution in [0.5, 0.6) is 0 Å². The zero-order valence-electron chi connectivity index (χ0n) is 20.1. The Morgan fingerprint density at radius 1 is 1.00 bits per heavy atom. The first-order valence-corrected chi connectivity index (χ1v) is 13.2. The van der Waals surface area contributed by atoms with E-state index in [0.717, 1.165) is 11.3 Å². The molecule has 0 heterocycles. The molecule has 0 saturated carbocycles. The number of nitrogens with one attached hydrogen (secondary N) is 1. The lowest BCUT2D eigenvalue weighted by molar-refractivity contribution is -0.139. The highest BCUT2D eigenvalue weighted by Crippen LogP contribution is 2.25. The van der Waals surface area contributed by atoms with Crippen LogP contribution in [0.2, 0.25) is 10.0 Å². The number of amides is 2. The number of benzene rings is 2. The van der Waals surface area contributed by atoms with E-state index in [1.54, 1.807) is 28.8 Å². The molecular weight excluding hydrogens is 475 g/mol. The van der Waals surface area contributed by atoms with Gasteiger partial charge >= 0.3 is 0 Å². The summed E-state index contributed by atoms with van der Waals surface area (Å²) in [5.74, 6) is 1.17. The van der Waals surface area contributed by atoms with Crippen LogP contribution in [-0.4, -0.2) is 35.1 Å². The lowest BCUT2D eigenvalue weighted by atomic mass is 10.1. The number of aryl methyl sites for hydroxylation is 2. The summed E-state index contributed by atoms with van der Waals surface area (Å²) in [5, 5.41) is 3.88. The van der Waals surface area contributed by atoms with Gasteiger partial charge < -0.3 is 10.2 Å². The van der Waals surface area contributed by atoms with Crippen LogP contribution in [0.25, 0.3) is 0 Å². The lowest BCUT2D eigenvalue weighted by Gasteiger charge is -2.31. The number of rotatable bonds is 11. The minimum atomic E-state index is -0.549. The zero-order valence-corrected chi connectivity index (χ0v) is 22.4. The number of nitrogens with zero attached hydrogens (tertiary/aromatic N) is 1. The predicted octanol–water partition coefficient (Wildman–Crippen LogP) is 6.42. The molecule has 0 aliphatic heterocycles. The van der Waals surface area contributed by atoms with Crippen molar-refractivity contribution in [3.05, 3.63) is 68.7 Å². The molecular formula is C26H34Cl2N2O2S. The van der Waals surface area contributed by atoms with Gasteiger partial charge in [-0.15, -0.1) is 11.8 Å². The van der Waals surface area contributed by atoms with Crippen molar-refractivity contribution in [1.29, 1.82) is 0 Å². The molecule has 2 amide bonds. The summed E-state index contributed by atoms with van der Waals surface area (Å²) < 4.78 is 0. The van der Waals surface area contributed by atoms with E-state index in [0.29, 0.717) is 41.2 Å². The summed E-state index contributed by atoms with van der Waals surface area (Å²) >= 11 is 13.8. The molecule has 180 valence electrons. The van der Waals surface area contributed by atoms with E-state index in [2.05, 4.69) is 37.4 Å². The summed E-state index contributed by atoms with van der Waals surface area (Å²) in [4.78, 5) is 28.0. The van der Waals surface area contributed by atoms with Crippen molar-refractivity contribution in [1.82, 2.24) is 10.2 Å². The molecule has 2 aromatic rings. The molecule has 1 atom stereocenters. The standard InChI is InChI=1S/C26H34Cl2N2O2S/c1-6-24(26(32)29-13-17(2)3)30(14-20-7-8-22(27)23(28)12-20)25(31)16-33-15-21-10-18(4)9-19(5)11-21/h7-12,17,24H,6,13-16H2,1-5H3,(H,29,32)/t24-/m1/s1. The van der Waals surface area contributed by atoms with Crippen molar-refractivity contribution in [2.45, 2.75) is 59.4 Å². The van der Waals surface area contributed by atoms with Crippen molar-refractivity contribution in [2.75, 3.05) is 12.3 Å². The largest absolute Gasteiger partial charge is 0.354 e. The molecule has 0 aliphatic carbocycles. The number of thioether (sulfide) groups is 1. The second-order valence-electron chi connectivity index (χ2n) is 8.82. The fourth-order valence-corrected chi connectivity index (χ4v) is 4.83. The normalized spacial score (nSPS) is 12.0. The summed E-state index contributed by atoms with van der Waals surface area (Å²) in [6.07, 6.45) is 0.527. The van der Waals surface area contributed by atoms with Gasteiger partial charge in [0.2, 0.25) is 11.8 Å². The summed E-state index contributed by atoms with van der Waals surface area (Å²) in [5.41, 5.74) is 4.47. The zero-order chi connectivity index (χ0) is 24.5. The summed E-state index contributed by atoms with van der Waals surface area (Å²) in [6, 6.07) is 11.2. The average Bonchev–Trinajstić information content (AvgIpc) is 2.73. The second-order valence-corrected chi connectivity index (χ2v) is 10.6. The molecule has 7 heteroatoms. The van der Waals surface area contributed by atoms with Crippen LogP contribution in [0.3, 0.4) is 0 Å². The molecule has 0 unspecified atom stereocenters. The van der Waals surface area contributed by atoms with Gasteiger partial charge in [-0.2, -0.15) is 0 Å². The molecule has 1 N–H and O–H groups in total. The van der Waals surface area contributed by atoms with Crippen molar-refractivity contribution in [3.8, 4) is 0 Å². The maximum atomic E-state index is 13.3. The molecule has 0 radical (unpaired) electrons. The van der Waals surface area contributed by atoms with E-state index in [4.69, 9.17) is 23.2 Å². The highest BCUT2D eigenvalue weighted by Gasteiger charge is 2.28. The Labute approximate surface area is 212 Å². The Bertz CT molecular complexity index is 945. The van der Waals surface area contributed by atoms with Gasteiger partial charge in [0.25, 0.3) is 0 Å². The fourth-order valence-electron chi connectivity index (χ4n) is 3.67. The Morgan fingerprint density at radius 2 is 1.67 bits per heavy atom. The van der Waals surface area contributed by atoms with Crippen LogP contribution < -0.4 is 5.32 Å². The summed E-state index contributed by atoms with van der Waals surface area (Å²) in [7, 11) is 0. The number of hydrogen-bond donors (Lipinski definition) is 1. The van der Waals surface area contributed by atoms with Crippen LogP contribution in [0.1, 0.15) is 49.4 Å². The van der Waals surface area contributed by atoms with E-state index >= 15 is 0 Å². The van der Waals surface area contributed by atoms with Gasteiger partial charge in [0.1, 0.15) is 6.04 Å². The molecule has 4 nitrogen and oxygen atoms in total. The van der Waals surface area contributed by atoms with E-state index in [1.165, 1.54) is 16.7 Å². The van der Waals surface area contributed by atoms with Gasteiger partial charge in [-0.25, -0.2) is 0 Å². The molecule has 0 aliphatic rings. The number of carbonyl (C=O) groups excluding carboxylic acids is 2.